The summed E-state index contributed by atoms with van der Waals surface area (Å²) in [5.41, 5.74) is 0.923. The van der Waals surface area contributed by atoms with E-state index in [1.807, 2.05) is 38.1 Å². The SMILES string of the molecule is C=C1CCC(Oc2ccc(BOC(C)(C)C(C)(C)O)cc2)CC1. The fourth-order valence-electron chi connectivity index (χ4n) is 2.41. The molecule has 1 aromatic carbocycles. The van der Waals surface area contributed by atoms with Crippen molar-refractivity contribution in [2.24, 2.45) is 0 Å². The van der Waals surface area contributed by atoms with Crippen LogP contribution in [0.2, 0.25) is 0 Å². The van der Waals surface area contributed by atoms with Crippen LogP contribution >= 0.6 is 0 Å². The van der Waals surface area contributed by atoms with Gasteiger partial charge < -0.3 is 14.5 Å². The highest BCUT2D eigenvalue weighted by Gasteiger charge is 2.35. The van der Waals surface area contributed by atoms with Gasteiger partial charge in [-0.2, -0.15) is 0 Å². The second-order valence-corrected chi connectivity index (χ2v) is 7.57. The highest BCUT2D eigenvalue weighted by atomic mass is 16.5. The smallest absolute Gasteiger partial charge is 0.309 e. The summed E-state index contributed by atoms with van der Waals surface area (Å²) in [7, 11) is 0.473. The third-order valence-electron chi connectivity index (χ3n) is 4.94. The number of hydrogen-bond acceptors (Lipinski definition) is 3. The second-order valence-electron chi connectivity index (χ2n) is 7.57. The lowest BCUT2D eigenvalue weighted by atomic mass is 9.82. The summed E-state index contributed by atoms with van der Waals surface area (Å²) in [4.78, 5) is 0. The van der Waals surface area contributed by atoms with Crippen molar-refractivity contribution in [3.8, 4) is 5.75 Å². The molecule has 0 atom stereocenters. The molecule has 0 aromatic heterocycles. The van der Waals surface area contributed by atoms with E-state index in [-0.39, 0.29) is 0 Å². The number of allylic oxidation sites excluding steroid dienone is 1. The van der Waals surface area contributed by atoms with Gasteiger partial charge in [0.05, 0.1) is 17.3 Å². The van der Waals surface area contributed by atoms with Gasteiger partial charge in [0.2, 0.25) is 0 Å². The summed E-state index contributed by atoms with van der Waals surface area (Å²) in [5, 5.41) is 10.1. The predicted molar refractivity (Wildman–Crippen MR) is 96.7 cm³/mol. The van der Waals surface area contributed by atoms with Crippen molar-refractivity contribution in [2.45, 2.75) is 70.7 Å². The van der Waals surface area contributed by atoms with Crippen molar-refractivity contribution in [1.82, 2.24) is 0 Å². The number of rotatable bonds is 6. The molecule has 0 bridgehead atoms. The molecule has 1 saturated carbocycles. The first kappa shape index (κ1) is 18.1. The summed E-state index contributed by atoms with van der Waals surface area (Å²) in [6, 6.07) is 8.05. The zero-order valence-electron chi connectivity index (χ0n) is 14.9. The Bertz CT molecular complexity index is 519. The number of ether oxygens (including phenoxy) is 1. The molecule has 0 spiro atoms. The maximum absolute atomic E-state index is 10.1. The molecule has 23 heavy (non-hydrogen) atoms. The molecule has 1 N–H and O–H groups in total. The fraction of sp³-hybridized carbons (Fsp3) is 0.579. The van der Waals surface area contributed by atoms with Gasteiger partial charge in [-0.15, -0.1) is 0 Å². The van der Waals surface area contributed by atoms with E-state index in [2.05, 4.69) is 6.58 Å². The average Bonchev–Trinajstić information content (AvgIpc) is 2.48. The van der Waals surface area contributed by atoms with Gasteiger partial charge in [-0.05, 0) is 65.5 Å². The number of hydrogen-bond donors (Lipinski definition) is 1. The summed E-state index contributed by atoms with van der Waals surface area (Å²) < 4.78 is 11.9. The molecule has 4 heteroatoms. The normalized spacial score (nSPS) is 17.2. The minimum atomic E-state index is -0.888. The van der Waals surface area contributed by atoms with Crippen LogP contribution in [0.3, 0.4) is 0 Å². The topological polar surface area (TPSA) is 38.7 Å². The first-order valence-electron chi connectivity index (χ1n) is 8.46. The molecule has 0 radical (unpaired) electrons. The molecule has 0 unspecified atom stereocenters. The first-order valence-corrected chi connectivity index (χ1v) is 8.46. The van der Waals surface area contributed by atoms with Crippen LogP contribution in [0, 0.1) is 0 Å². The molecule has 126 valence electrons. The number of benzene rings is 1. The summed E-state index contributed by atoms with van der Waals surface area (Å²) >= 11 is 0. The molecule has 0 saturated heterocycles. The van der Waals surface area contributed by atoms with Gasteiger partial charge in [0.1, 0.15) is 5.75 Å². The van der Waals surface area contributed by atoms with Gasteiger partial charge in [-0.1, -0.05) is 29.7 Å². The minimum absolute atomic E-state index is 0.303. The van der Waals surface area contributed by atoms with Crippen LogP contribution in [0.25, 0.3) is 0 Å². The van der Waals surface area contributed by atoms with Gasteiger partial charge >= 0.3 is 7.48 Å². The first-order chi connectivity index (χ1) is 10.7. The van der Waals surface area contributed by atoms with E-state index >= 15 is 0 Å². The van der Waals surface area contributed by atoms with Crippen LogP contribution in [-0.4, -0.2) is 29.9 Å². The van der Waals surface area contributed by atoms with Gasteiger partial charge in [0, 0.05) is 0 Å². The lowest BCUT2D eigenvalue weighted by molar-refractivity contribution is -0.0893. The van der Waals surface area contributed by atoms with Crippen LogP contribution < -0.4 is 10.2 Å². The maximum atomic E-state index is 10.1. The Hall–Kier alpha value is -1.26. The third kappa shape index (κ3) is 5.12. The highest BCUT2D eigenvalue weighted by molar-refractivity contribution is 6.47. The third-order valence-corrected chi connectivity index (χ3v) is 4.94. The molecule has 3 nitrogen and oxygen atoms in total. The van der Waals surface area contributed by atoms with Crippen molar-refractivity contribution >= 4 is 12.9 Å². The Morgan fingerprint density at radius 3 is 2.17 bits per heavy atom. The molecular formula is C19H29BO3. The molecule has 1 aliphatic carbocycles. The Kier molecular flexibility index (Phi) is 5.59. The Labute approximate surface area is 141 Å². The lowest BCUT2D eigenvalue weighted by Crippen LogP contribution is -2.49. The molecule has 2 rings (SSSR count). The van der Waals surface area contributed by atoms with Gasteiger partial charge in [0.25, 0.3) is 0 Å². The van der Waals surface area contributed by atoms with Crippen molar-refractivity contribution in [1.29, 1.82) is 0 Å². The Morgan fingerprint density at radius 2 is 1.65 bits per heavy atom. The second kappa shape index (κ2) is 7.10. The van der Waals surface area contributed by atoms with Crippen molar-refractivity contribution in [3.63, 3.8) is 0 Å². The quantitative estimate of drug-likeness (QED) is 0.647. The number of aliphatic hydroxyl groups is 1. The predicted octanol–water partition coefficient (Wildman–Crippen LogP) is 3.11. The van der Waals surface area contributed by atoms with E-state index in [1.165, 1.54) is 5.57 Å². The molecule has 0 amide bonds. The summed E-state index contributed by atoms with van der Waals surface area (Å²) in [6.07, 6.45) is 4.56. The standard InChI is InChI=1S/C19H29BO3/c1-14-6-10-16(11-7-14)22-17-12-8-15(9-13-17)20-23-19(4,5)18(2,3)21/h8-9,12-13,16,20-21H,1,6-7,10-11H2,2-5H3. The van der Waals surface area contributed by atoms with Crippen LogP contribution in [0.15, 0.2) is 36.4 Å². The van der Waals surface area contributed by atoms with E-state index in [0.29, 0.717) is 13.6 Å². The van der Waals surface area contributed by atoms with Crippen LogP contribution in [-0.2, 0) is 4.65 Å². The van der Waals surface area contributed by atoms with Crippen LogP contribution in [0.5, 0.6) is 5.75 Å². The Morgan fingerprint density at radius 1 is 1.09 bits per heavy atom. The monoisotopic (exact) mass is 316 g/mol. The van der Waals surface area contributed by atoms with Crippen LogP contribution in [0.1, 0.15) is 53.4 Å². The van der Waals surface area contributed by atoms with E-state index in [1.54, 1.807) is 13.8 Å². The molecule has 1 aromatic rings. The highest BCUT2D eigenvalue weighted by Crippen LogP contribution is 2.26. The van der Waals surface area contributed by atoms with Crippen molar-refractivity contribution < 1.29 is 14.5 Å². The molecule has 0 heterocycles. The average molecular weight is 316 g/mol. The Balaban J connectivity index is 1.86. The van der Waals surface area contributed by atoms with Gasteiger partial charge in [-0.3, -0.25) is 0 Å². The minimum Gasteiger partial charge on any atom is -0.490 e. The van der Waals surface area contributed by atoms with Crippen molar-refractivity contribution in [3.05, 3.63) is 36.4 Å². The lowest BCUT2D eigenvalue weighted by Gasteiger charge is -2.37. The van der Waals surface area contributed by atoms with Crippen molar-refractivity contribution in [2.75, 3.05) is 0 Å². The van der Waals surface area contributed by atoms with E-state index in [0.717, 1.165) is 36.9 Å². The zero-order chi connectivity index (χ0) is 17.1. The molecule has 1 aliphatic rings. The molecule has 1 fully saturated rings. The van der Waals surface area contributed by atoms with E-state index in [4.69, 9.17) is 9.39 Å². The van der Waals surface area contributed by atoms with Gasteiger partial charge in [0.15, 0.2) is 0 Å². The summed E-state index contributed by atoms with van der Waals surface area (Å²) in [6.45, 7) is 11.4. The molecular weight excluding hydrogens is 287 g/mol. The fourth-order valence-corrected chi connectivity index (χ4v) is 2.41. The molecule has 0 aliphatic heterocycles. The van der Waals surface area contributed by atoms with E-state index in [9.17, 15) is 5.11 Å². The van der Waals surface area contributed by atoms with E-state index < -0.39 is 11.2 Å². The van der Waals surface area contributed by atoms with Gasteiger partial charge in [-0.25, -0.2) is 0 Å². The largest absolute Gasteiger partial charge is 0.490 e. The zero-order valence-corrected chi connectivity index (χ0v) is 14.9. The van der Waals surface area contributed by atoms with Crippen LogP contribution in [0.4, 0.5) is 0 Å². The summed E-state index contributed by atoms with van der Waals surface area (Å²) in [5.74, 6) is 0.910. The maximum Gasteiger partial charge on any atom is 0.309 e.